The van der Waals surface area contributed by atoms with Crippen molar-refractivity contribution in [2.24, 2.45) is 4.99 Å². The maximum atomic E-state index is 4.38. The van der Waals surface area contributed by atoms with Gasteiger partial charge in [0, 0.05) is 18.7 Å². The van der Waals surface area contributed by atoms with E-state index in [-0.39, 0.29) is 0 Å². The maximum absolute atomic E-state index is 4.38. The zero-order chi connectivity index (χ0) is 9.80. The number of benzene rings is 1. The molecule has 14 heavy (non-hydrogen) atoms. The molecule has 0 amide bonds. The van der Waals surface area contributed by atoms with Crippen molar-refractivity contribution in [2.45, 2.75) is 26.2 Å². The van der Waals surface area contributed by atoms with E-state index >= 15 is 0 Å². The molecule has 0 saturated heterocycles. The number of aliphatic imine (C=N–C) groups is 1. The fourth-order valence-electron chi connectivity index (χ4n) is 1.63. The average molecular weight is 188 g/mol. The molecule has 1 heterocycles. The average Bonchev–Trinajstić information content (AvgIpc) is 2.72. The Kier molecular flexibility index (Phi) is 2.82. The molecule has 1 N–H and O–H groups in total. The Bertz CT molecular complexity index is 325. The van der Waals surface area contributed by atoms with E-state index in [4.69, 9.17) is 0 Å². The molecule has 0 spiro atoms. The lowest BCUT2D eigenvalue weighted by Gasteiger charge is -2.05. The van der Waals surface area contributed by atoms with Crippen LogP contribution in [0.1, 0.15) is 25.3 Å². The molecule has 0 aromatic heterocycles. The minimum absolute atomic E-state index is 0.982. The quantitative estimate of drug-likeness (QED) is 0.758. The van der Waals surface area contributed by atoms with Crippen LogP contribution in [-0.4, -0.2) is 12.4 Å². The first-order chi connectivity index (χ1) is 6.88. The van der Waals surface area contributed by atoms with Crippen molar-refractivity contribution in [3.63, 3.8) is 0 Å². The summed E-state index contributed by atoms with van der Waals surface area (Å²) in [5.41, 5.74) is 2.53. The molecule has 0 aliphatic carbocycles. The van der Waals surface area contributed by atoms with Gasteiger partial charge in [0.15, 0.2) is 0 Å². The van der Waals surface area contributed by atoms with E-state index in [2.05, 4.69) is 41.5 Å². The number of nitrogens with zero attached hydrogens (tertiary/aromatic N) is 1. The fourth-order valence-corrected chi connectivity index (χ4v) is 1.63. The third-order valence-corrected chi connectivity index (χ3v) is 2.53. The molecular formula is C12H16N2. The third-order valence-electron chi connectivity index (χ3n) is 2.53. The Morgan fingerprint density at radius 3 is 2.64 bits per heavy atom. The van der Waals surface area contributed by atoms with E-state index in [1.165, 1.54) is 12.0 Å². The lowest BCUT2D eigenvalue weighted by molar-refractivity contribution is 0.951. The molecule has 0 fully saturated rings. The smallest absolute Gasteiger partial charge is 0.101 e. The van der Waals surface area contributed by atoms with Crippen LogP contribution in [0.3, 0.4) is 0 Å². The summed E-state index contributed by atoms with van der Waals surface area (Å²) in [4.78, 5) is 4.38. The van der Waals surface area contributed by atoms with Crippen LogP contribution in [0.15, 0.2) is 29.3 Å². The number of rotatable bonds is 2. The summed E-state index contributed by atoms with van der Waals surface area (Å²) >= 11 is 0. The summed E-state index contributed by atoms with van der Waals surface area (Å²) in [6.45, 7) is 3.15. The number of amidine groups is 1. The summed E-state index contributed by atoms with van der Waals surface area (Å²) < 4.78 is 0. The van der Waals surface area contributed by atoms with Crippen LogP contribution < -0.4 is 5.32 Å². The summed E-state index contributed by atoms with van der Waals surface area (Å²) in [5.74, 6) is 1.13. The molecule has 2 nitrogen and oxygen atoms in total. The van der Waals surface area contributed by atoms with E-state index in [0.29, 0.717) is 0 Å². The molecule has 0 unspecified atom stereocenters. The number of anilines is 1. The van der Waals surface area contributed by atoms with Gasteiger partial charge in [0.1, 0.15) is 5.84 Å². The van der Waals surface area contributed by atoms with Gasteiger partial charge in [-0.15, -0.1) is 0 Å². The number of hydrogen-bond donors (Lipinski definition) is 1. The van der Waals surface area contributed by atoms with Crippen LogP contribution in [0.25, 0.3) is 0 Å². The normalized spacial score (nSPS) is 15.4. The van der Waals surface area contributed by atoms with E-state index < -0.39 is 0 Å². The van der Waals surface area contributed by atoms with Gasteiger partial charge in [-0.05, 0) is 30.5 Å². The van der Waals surface area contributed by atoms with Gasteiger partial charge in [-0.2, -0.15) is 0 Å². The van der Waals surface area contributed by atoms with Crippen molar-refractivity contribution in [1.82, 2.24) is 0 Å². The lowest BCUT2D eigenvalue weighted by atomic mass is 10.1. The lowest BCUT2D eigenvalue weighted by Crippen LogP contribution is -2.07. The second-order valence-electron chi connectivity index (χ2n) is 3.61. The predicted octanol–water partition coefficient (Wildman–Crippen LogP) is 2.85. The Balaban J connectivity index is 2.02. The molecular weight excluding hydrogens is 172 g/mol. The first-order valence-electron chi connectivity index (χ1n) is 5.28. The van der Waals surface area contributed by atoms with Crippen LogP contribution in [0, 0.1) is 0 Å². The van der Waals surface area contributed by atoms with Crippen LogP contribution in [0.5, 0.6) is 0 Å². The first-order valence-corrected chi connectivity index (χ1v) is 5.28. The highest BCUT2D eigenvalue weighted by molar-refractivity contribution is 5.96. The molecule has 0 atom stereocenters. The molecule has 0 radical (unpaired) electrons. The van der Waals surface area contributed by atoms with E-state index in [1.807, 2.05) is 0 Å². The second-order valence-corrected chi connectivity index (χ2v) is 3.61. The molecule has 1 aliphatic heterocycles. The monoisotopic (exact) mass is 188 g/mol. The zero-order valence-corrected chi connectivity index (χ0v) is 8.59. The minimum atomic E-state index is 0.982. The largest absolute Gasteiger partial charge is 0.344 e. The molecule has 0 bridgehead atoms. The second kappa shape index (κ2) is 4.27. The standard InChI is InChI=1S/C12H16N2/c1-2-10-5-7-11(8-6-10)14-12-4-3-9-13-12/h5-8H,2-4,9H2,1H3,(H,13,14). The zero-order valence-electron chi connectivity index (χ0n) is 8.59. The Morgan fingerprint density at radius 2 is 2.07 bits per heavy atom. The SMILES string of the molecule is CCc1ccc(NC2=NCCC2)cc1. The van der Waals surface area contributed by atoms with Crippen molar-refractivity contribution in [1.29, 1.82) is 0 Å². The molecule has 1 aliphatic rings. The van der Waals surface area contributed by atoms with Crippen LogP contribution >= 0.6 is 0 Å². The van der Waals surface area contributed by atoms with Crippen molar-refractivity contribution < 1.29 is 0 Å². The van der Waals surface area contributed by atoms with E-state index in [9.17, 15) is 0 Å². The van der Waals surface area contributed by atoms with Gasteiger partial charge in [-0.3, -0.25) is 4.99 Å². The van der Waals surface area contributed by atoms with Crippen LogP contribution in [0.2, 0.25) is 0 Å². The van der Waals surface area contributed by atoms with Crippen LogP contribution in [-0.2, 0) is 6.42 Å². The fraction of sp³-hybridized carbons (Fsp3) is 0.417. The van der Waals surface area contributed by atoms with Gasteiger partial charge in [0.2, 0.25) is 0 Å². The van der Waals surface area contributed by atoms with Crippen molar-refractivity contribution in [3.8, 4) is 0 Å². The molecule has 0 saturated carbocycles. The van der Waals surface area contributed by atoms with E-state index in [0.717, 1.165) is 30.9 Å². The predicted molar refractivity (Wildman–Crippen MR) is 61.0 cm³/mol. The topological polar surface area (TPSA) is 24.4 Å². The Labute approximate surface area is 85.1 Å². The molecule has 74 valence electrons. The van der Waals surface area contributed by atoms with Gasteiger partial charge in [0.05, 0.1) is 0 Å². The number of nitrogens with one attached hydrogen (secondary N) is 1. The van der Waals surface area contributed by atoms with Crippen molar-refractivity contribution in [2.75, 3.05) is 11.9 Å². The maximum Gasteiger partial charge on any atom is 0.101 e. The summed E-state index contributed by atoms with van der Waals surface area (Å²) in [6, 6.07) is 8.58. The summed E-state index contributed by atoms with van der Waals surface area (Å²) in [7, 11) is 0. The summed E-state index contributed by atoms with van der Waals surface area (Å²) in [5, 5.41) is 3.34. The molecule has 1 aromatic carbocycles. The molecule has 2 rings (SSSR count). The minimum Gasteiger partial charge on any atom is -0.344 e. The number of hydrogen-bond acceptors (Lipinski definition) is 2. The summed E-state index contributed by atoms with van der Waals surface area (Å²) in [6.07, 6.45) is 3.38. The van der Waals surface area contributed by atoms with Gasteiger partial charge >= 0.3 is 0 Å². The highest BCUT2D eigenvalue weighted by Crippen LogP contribution is 2.12. The van der Waals surface area contributed by atoms with Gasteiger partial charge < -0.3 is 5.32 Å². The van der Waals surface area contributed by atoms with Crippen molar-refractivity contribution in [3.05, 3.63) is 29.8 Å². The molecule has 1 aromatic rings. The van der Waals surface area contributed by atoms with Crippen LogP contribution in [0.4, 0.5) is 5.69 Å². The number of aryl methyl sites for hydroxylation is 1. The first kappa shape index (κ1) is 9.25. The Morgan fingerprint density at radius 1 is 1.29 bits per heavy atom. The molecule has 2 heteroatoms. The highest BCUT2D eigenvalue weighted by atomic mass is 15.0. The highest BCUT2D eigenvalue weighted by Gasteiger charge is 2.05. The Hall–Kier alpha value is -1.31. The third kappa shape index (κ3) is 2.13. The van der Waals surface area contributed by atoms with Crippen molar-refractivity contribution >= 4 is 11.5 Å². The van der Waals surface area contributed by atoms with Gasteiger partial charge in [-0.1, -0.05) is 19.1 Å². The van der Waals surface area contributed by atoms with Gasteiger partial charge in [0.25, 0.3) is 0 Å². The van der Waals surface area contributed by atoms with E-state index in [1.54, 1.807) is 0 Å². The van der Waals surface area contributed by atoms with Gasteiger partial charge in [-0.25, -0.2) is 0 Å².